The van der Waals surface area contributed by atoms with E-state index in [1.165, 1.54) is 12.1 Å². The molecule has 0 atom stereocenters. The molecule has 5 nitrogen and oxygen atoms in total. The Balaban J connectivity index is 1.93. The van der Waals surface area contributed by atoms with E-state index in [2.05, 4.69) is 9.82 Å². The van der Waals surface area contributed by atoms with Gasteiger partial charge in [0.1, 0.15) is 5.82 Å². The van der Waals surface area contributed by atoms with Crippen molar-refractivity contribution in [2.24, 2.45) is 0 Å². The van der Waals surface area contributed by atoms with Crippen LogP contribution in [0.2, 0.25) is 0 Å². The first-order valence-corrected chi connectivity index (χ1v) is 8.33. The SMILES string of the molecule is Cc1cc(F)ccc1S(=O)(=O)Nc1cccc(-n2cccn2)c1. The van der Waals surface area contributed by atoms with Crippen LogP contribution in [-0.4, -0.2) is 18.2 Å². The monoisotopic (exact) mass is 331 g/mol. The summed E-state index contributed by atoms with van der Waals surface area (Å²) in [6.07, 6.45) is 3.40. The normalized spacial score (nSPS) is 11.4. The first kappa shape index (κ1) is 15.2. The molecular weight excluding hydrogens is 317 g/mol. The molecule has 0 aliphatic carbocycles. The number of benzene rings is 2. The van der Waals surface area contributed by atoms with Gasteiger partial charge in [0.15, 0.2) is 0 Å². The van der Waals surface area contributed by atoms with Gasteiger partial charge in [-0.15, -0.1) is 0 Å². The molecule has 0 bridgehead atoms. The maximum Gasteiger partial charge on any atom is 0.262 e. The third-order valence-electron chi connectivity index (χ3n) is 3.29. The van der Waals surface area contributed by atoms with Crippen molar-refractivity contribution in [3.05, 3.63) is 72.3 Å². The topological polar surface area (TPSA) is 64.0 Å². The number of hydrogen-bond donors (Lipinski definition) is 1. The summed E-state index contributed by atoms with van der Waals surface area (Å²) in [5.74, 6) is -0.470. The fourth-order valence-corrected chi connectivity index (χ4v) is 3.54. The molecule has 23 heavy (non-hydrogen) atoms. The Kier molecular flexibility index (Phi) is 3.87. The van der Waals surface area contributed by atoms with E-state index >= 15 is 0 Å². The van der Waals surface area contributed by atoms with Crippen molar-refractivity contribution < 1.29 is 12.8 Å². The Morgan fingerprint density at radius 1 is 1.13 bits per heavy atom. The molecule has 1 N–H and O–H groups in total. The van der Waals surface area contributed by atoms with Crippen LogP contribution in [0, 0.1) is 12.7 Å². The summed E-state index contributed by atoms with van der Waals surface area (Å²) < 4.78 is 42.2. The summed E-state index contributed by atoms with van der Waals surface area (Å²) in [7, 11) is -3.79. The van der Waals surface area contributed by atoms with Crippen molar-refractivity contribution >= 4 is 15.7 Å². The van der Waals surface area contributed by atoms with Crippen LogP contribution >= 0.6 is 0 Å². The Hall–Kier alpha value is -2.67. The zero-order valence-corrected chi connectivity index (χ0v) is 13.1. The van der Waals surface area contributed by atoms with Gasteiger partial charge in [-0.1, -0.05) is 6.07 Å². The molecule has 0 unspecified atom stereocenters. The van der Waals surface area contributed by atoms with Gasteiger partial charge in [-0.25, -0.2) is 17.5 Å². The molecule has 0 aliphatic rings. The highest BCUT2D eigenvalue weighted by Gasteiger charge is 2.17. The number of sulfonamides is 1. The smallest absolute Gasteiger partial charge is 0.262 e. The van der Waals surface area contributed by atoms with Crippen molar-refractivity contribution in [1.29, 1.82) is 0 Å². The average molecular weight is 331 g/mol. The van der Waals surface area contributed by atoms with Crippen molar-refractivity contribution in [3.63, 3.8) is 0 Å². The number of nitrogens with zero attached hydrogens (tertiary/aromatic N) is 2. The van der Waals surface area contributed by atoms with E-state index in [4.69, 9.17) is 0 Å². The minimum absolute atomic E-state index is 0.0448. The van der Waals surface area contributed by atoms with Gasteiger partial charge in [-0.3, -0.25) is 4.72 Å². The van der Waals surface area contributed by atoms with Gasteiger partial charge >= 0.3 is 0 Å². The lowest BCUT2D eigenvalue weighted by molar-refractivity contribution is 0.598. The summed E-state index contributed by atoms with van der Waals surface area (Å²) >= 11 is 0. The quantitative estimate of drug-likeness (QED) is 0.799. The second-order valence-electron chi connectivity index (χ2n) is 5.02. The van der Waals surface area contributed by atoms with Crippen molar-refractivity contribution in [1.82, 2.24) is 9.78 Å². The maximum atomic E-state index is 13.1. The Morgan fingerprint density at radius 2 is 1.96 bits per heavy atom. The Labute approximate surface area is 133 Å². The molecule has 2 aromatic carbocycles. The predicted octanol–water partition coefficient (Wildman–Crippen LogP) is 3.12. The van der Waals surface area contributed by atoms with Gasteiger partial charge < -0.3 is 0 Å². The minimum atomic E-state index is -3.79. The zero-order chi connectivity index (χ0) is 16.4. The molecule has 7 heteroatoms. The van der Waals surface area contributed by atoms with E-state index in [1.54, 1.807) is 48.3 Å². The van der Waals surface area contributed by atoms with E-state index in [9.17, 15) is 12.8 Å². The van der Waals surface area contributed by atoms with Gasteiger partial charge in [0.05, 0.1) is 16.3 Å². The van der Waals surface area contributed by atoms with Crippen molar-refractivity contribution in [2.45, 2.75) is 11.8 Å². The number of hydrogen-bond acceptors (Lipinski definition) is 3. The molecule has 3 rings (SSSR count). The van der Waals surface area contributed by atoms with Gasteiger partial charge in [0, 0.05) is 12.4 Å². The van der Waals surface area contributed by atoms with Crippen LogP contribution in [0.4, 0.5) is 10.1 Å². The molecule has 3 aromatic rings. The molecule has 0 aliphatic heterocycles. The van der Waals surface area contributed by atoms with E-state index < -0.39 is 15.8 Å². The summed E-state index contributed by atoms with van der Waals surface area (Å²) in [4.78, 5) is 0.0448. The molecule has 0 saturated heterocycles. The van der Waals surface area contributed by atoms with Crippen LogP contribution in [0.3, 0.4) is 0 Å². The van der Waals surface area contributed by atoms with Crippen LogP contribution < -0.4 is 4.72 Å². The van der Waals surface area contributed by atoms with Crippen LogP contribution in [-0.2, 0) is 10.0 Å². The van der Waals surface area contributed by atoms with E-state index in [0.717, 1.165) is 11.8 Å². The zero-order valence-electron chi connectivity index (χ0n) is 12.3. The molecule has 118 valence electrons. The first-order valence-electron chi connectivity index (χ1n) is 6.85. The summed E-state index contributed by atoms with van der Waals surface area (Å²) in [6.45, 7) is 1.55. The van der Waals surface area contributed by atoms with Crippen LogP contribution in [0.15, 0.2) is 65.8 Å². The minimum Gasteiger partial charge on any atom is -0.280 e. The summed E-state index contributed by atoms with van der Waals surface area (Å²) in [6, 6.07) is 12.2. The van der Waals surface area contributed by atoms with E-state index in [0.29, 0.717) is 11.3 Å². The number of nitrogens with one attached hydrogen (secondary N) is 1. The molecule has 0 spiro atoms. The van der Waals surface area contributed by atoms with Crippen LogP contribution in [0.25, 0.3) is 5.69 Å². The second-order valence-corrected chi connectivity index (χ2v) is 6.67. The van der Waals surface area contributed by atoms with Crippen molar-refractivity contribution in [3.8, 4) is 5.69 Å². The van der Waals surface area contributed by atoms with E-state index in [-0.39, 0.29) is 4.90 Å². The van der Waals surface area contributed by atoms with Gasteiger partial charge in [-0.05, 0) is 55.0 Å². The molecule has 0 amide bonds. The summed E-state index contributed by atoms with van der Waals surface area (Å²) in [5, 5.41) is 4.10. The number of halogens is 1. The standard InChI is InChI=1S/C16H14FN3O2S/c1-12-10-13(17)6-7-16(12)23(21,22)19-14-4-2-5-15(11-14)20-9-3-8-18-20/h2-11,19H,1H3. The molecular formula is C16H14FN3O2S. The third-order valence-corrected chi connectivity index (χ3v) is 4.84. The number of aryl methyl sites for hydroxylation is 1. The number of aromatic nitrogens is 2. The molecule has 0 saturated carbocycles. The first-order chi connectivity index (χ1) is 11.0. The average Bonchev–Trinajstić information content (AvgIpc) is 3.00. The van der Waals surface area contributed by atoms with Gasteiger partial charge in [-0.2, -0.15) is 5.10 Å². The van der Waals surface area contributed by atoms with E-state index in [1.807, 2.05) is 6.07 Å². The largest absolute Gasteiger partial charge is 0.280 e. The van der Waals surface area contributed by atoms with Crippen LogP contribution in [0.1, 0.15) is 5.56 Å². The number of rotatable bonds is 4. The third kappa shape index (κ3) is 3.24. The lowest BCUT2D eigenvalue weighted by atomic mass is 10.2. The highest BCUT2D eigenvalue weighted by molar-refractivity contribution is 7.92. The molecule has 1 heterocycles. The van der Waals surface area contributed by atoms with Gasteiger partial charge in [0.25, 0.3) is 10.0 Å². The highest BCUT2D eigenvalue weighted by atomic mass is 32.2. The molecule has 0 radical (unpaired) electrons. The highest BCUT2D eigenvalue weighted by Crippen LogP contribution is 2.21. The van der Waals surface area contributed by atoms with Crippen LogP contribution in [0.5, 0.6) is 0 Å². The second kappa shape index (κ2) is 5.85. The fraction of sp³-hybridized carbons (Fsp3) is 0.0625. The molecule has 1 aromatic heterocycles. The fourth-order valence-electron chi connectivity index (χ4n) is 2.26. The predicted molar refractivity (Wildman–Crippen MR) is 85.5 cm³/mol. The lowest BCUT2D eigenvalue weighted by Crippen LogP contribution is -2.14. The number of anilines is 1. The molecule has 0 fully saturated rings. The Bertz CT molecular complexity index is 938. The lowest BCUT2D eigenvalue weighted by Gasteiger charge is -2.11. The Morgan fingerprint density at radius 3 is 2.65 bits per heavy atom. The summed E-state index contributed by atoms with van der Waals surface area (Å²) in [5.41, 5.74) is 1.48. The van der Waals surface area contributed by atoms with Gasteiger partial charge in [0.2, 0.25) is 0 Å². The van der Waals surface area contributed by atoms with Crippen molar-refractivity contribution in [2.75, 3.05) is 4.72 Å². The maximum absolute atomic E-state index is 13.1.